The number of carbonyl (C=O) groups is 1. The van der Waals surface area contributed by atoms with Gasteiger partial charge in [0.15, 0.2) is 0 Å². The van der Waals surface area contributed by atoms with Crippen LogP contribution in [0, 0.1) is 23.2 Å². The third-order valence-corrected chi connectivity index (χ3v) is 9.52. The molecule has 1 aliphatic heterocycles. The molecule has 184 valence electrons. The van der Waals surface area contributed by atoms with E-state index in [1.54, 1.807) is 0 Å². The molecule has 2 aromatic heterocycles. The number of H-pyrrole nitrogens is 2. The fourth-order valence-corrected chi connectivity index (χ4v) is 7.36. The quantitative estimate of drug-likeness (QED) is 0.561. The minimum atomic E-state index is -0.0591. The highest BCUT2D eigenvalue weighted by Crippen LogP contribution is 2.53. The van der Waals surface area contributed by atoms with Crippen molar-refractivity contribution in [3.63, 3.8) is 0 Å². The van der Waals surface area contributed by atoms with Gasteiger partial charge >= 0.3 is 0 Å². The molecule has 1 saturated heterocycles. The normalized spacial score (nSPS) is 25.9. The molecule has 6 rings (SSSR count). The SMILES string of the molecule is CCc1c[nH]c(=O)c2cc(-[n+]3cc4c([nH]3)CC(C(=O)N3C[C@@H]5CCC[C@]5(C(C)C)C3)CC4)ccc12. The van der Waals surface area contributed by atoms with Crippen LogP contribution < -0.4 is 10.2 Å². The summed E-state index contributed by atoms with van der Waals surface area (Å²) in [6.07, 6.45) is 11.3. The van der Waals surface area contributed by atoms with Crippen LogP contribution in [0.25, 0.3) is 16.5 Å². The summed E-state index contributed by atoms with van der Waals surface area (Å²) in [6, 6.07) is 6.08. The third-order valence-electron chi connectivity index (χ3n) is 9.52. The molecule has 2 fully saturated rings. The molecule has 3 aromatic rings. The molecular weight excluding hydrogens is 436 g/mol. The standard InChI is InChI=1S/C29H36N4O2/c1-4-19-14-30-27(34)25-13-23(9-10-24(19)25)33-15-21-8-7-20(12-26(21)31-33)28(35)32-16-22-6-5-11-29(22,17-32)18(2)3/h9-10,13-15,18,20,22H,4-8,11-12,16-17H2,1-3H3,(H,30,34)/p+1/t20?,22-,29+/m0/s1. The number of nitrogens with one attached hydrogen (secondary N) is 2. The van der Waals surface area contributed by atoms with E-state index in [0.29, 0.717) is 28.5 Å². The van der Waals surface area contributed by atoms with E-state index in [-0.39, 0.29) is 11.5 Å². The molecule has 0 radical (unpaired) electrons. The number of amides is 1. The lowest BCUT2D eigenvalue weighted by Crippen LogP contribution is -2.39. The lowest BCUT2D eigenvalue weighted by Gasteiger charge is -2.34. The molecule has 3 atom stereocenters. The van der Waals surface area contributed by atoms with Gasteiger partial charge in [0.2, 0.25) is 17.8 Å². The van der Waals surface area contributed by atoms with Crippen LogP contribution in [0.1, 0.15) is 63.3 Å². The molecular formula is C29H37N4O2+. The number of carbonyl (C=O) groups excluding carboxylic acids is 1. The average Bonchev–Trinajstić information content (AvgIpc) is 3.56. The van der Waals surface area contributed by atoms with Gasteiger partial charge in [0, 0.05) is 49.3 Å². The van der Waals surface area contributed by atoms with Gasteiger partial charge in [0.05, 0.1) is 11.1 Å². The third kappa shape index (κ3) is 3.56. The Morgan fingerprint density at radius 1 is 1.26 bits per heavy atom. The number of fused-ring (bicyclic) bond motifs is 3. The minimum absolute atomic E-state index is 0.0591. The Bertz CT molecular complexity index is 1350. The molecule has 1 amide bonds. The molecule has 3 heterocycles. The van der Waals surface area contributed by atoms with E-state index in [2.05, 4.69) is 48.0 Å². The van der Waals surface area contributed by atoms with Crippen molar-refractivity contribution in [1.82, 2.24) is 15.0 Å². The van der Waals surface area contributed by atoms with E-state index in [0.717, 1.165) is 61.1 Å². The summed E-state index contributed by atoms with van der Waals surface area (Å²) >= 11 is 0. The summed E-state index contributed by atoms with van der Waals surface area (Å²) in [6.45, 7) is 8.70. The number of aryl methyl sites for hydroxylation is 2. The first-order chi connectivity index (χ1) is 16.9. The molecule has 2 aliphatic carbocycles. The van der Waals surface area contributed by atoms with Crippen LogP contribution in [0.2, 0.25) is 0 Å². The van der Waals surface area contributed by atoms with Crippen molar-refractivity contribution >= 4 is 16.7 Å². The van der Waals surface area contributed by atoms with Crippen LogP contribution in [0.3, 0.4) is 0 Å². The highest BCUT2D eigenvalue weighted by molar-refractivity contribution is 5.86. The first-order valence-corrected chi connectivity index (χ1v) is 13.5. The van der Waals surface area contributed by atoms with Gasteiger partial charge in [-0.05, 0) is 66.4 Å². The molecule has 1 saturated carbocycles. The lowest BCUT2D eigenvalue weighted by molar-refractivity contribution is -0.655. The van der Waals surface area contributed by atoms with Gasteiger partial charge in [-0.2, -0.15) is 5.10 Å². The number of hydrogen-bond donors (Lipinski definition) is 2. The van der Waals surface area contributed by atoms with Crippen molar-refractivity contribution in [3.05, 3.63) is 57.8 Å². The highest BCUT2D eigenvalue weighted by atomic mass is 16.2. The number of benzene rings is 1. The zero-order valence-electron chi connectivity index (χ0n) is 21.2. The fourth-order valence-electron chi connectivity index (χ4n) is 7.36. The summed E-state index contributed by atoms with van der Waals surface area (Å²) in [5.74, 6) is 1.73. The first-order valence-electron chi connectivity index (χ1n) is 13.5. The van der Waals surface area contributed by atoms with Crippen LogP contribution in [0.15, 0.2) is 35.4 Å². The summed E-state index contributed by atoms with van der Waals surface area (Å²) in [7, 11) is 0. The van der Waals surface area contributed by atoms with Gasteiger partial charge in [-0.25, -0.2) is 0 Å². The number of hydrogen-bond acceptors (Lipinski definition) is 2. The van der Waals surface area contributed by atoms with E-state index in [9.17, 15) is 9.59 Å². The van der Waals surface area contributed by atoms with Crippen LogP contribution in [0.4, 0.5) is 0 Å². The predicted molar refractivity (Wildman–Crippen MR) is 137 cm³/mol. The van der Waals surface area contributed by atoms with Crippen LogP contribution in [0.5, 0.6) is 0 Å². The van der Waals surface area contributed by atoms with Gasteiger partial charge in [-0.3, -0.25) is 9.59 Å². The van der Waals surface area contributed by atoms with E-state index in [1.165, 1.54) is 24.8 Å². The molecule has 1 aromatic carbocycles. The van der Waals surface area contributed by atoms with E-state index in [4.69, 9.17) is 0 Å². The molecule has 6 heteroatoms. The van der Waals surface area contributed by atoms with Gasteiger partial charge in [0.1, 0.15) is 0 Å². The Hall–Kier alpha value is -2.89. The summed E-state index contributed by atoms with van der Waals surface area (Å²) in [5.41, 5.74) is 4.81. The molecule has 3 aliphatic rings. The number of rotatable bonds is 4. The summed E-state index contributed by atoms with van der Waals surface area (Å²) < 4.78 is 2.02. The maximum absolute atomic E-state index is 13.6. The van der Waals surface area contributed by atoms with Crippen molar-refractivity contribution in [2.45, 2.75) is 65.7 Å². The maximum atomic E-state index is 13.6. The predicted octanol–water partition coefficient (Wildman–Crippen LogP) is 4.08. The maximum Gasteiger partial charge on any atom is 0.256 e. The number of nitrogens with zero attached hydrogens (tertiary/aromatic N) is 2. The minimum Gasteiger partial charge on any atom is -0.342 e. The monoisotopic (exact) mass is 473 g/mol. The molecule has 0 bridgehead atoms. The number of pyridine rings is 1. The Morgan fingerprint density at radius 3 is 2.89 bits per heavy atom. The molecule has 35 heavy (non-hydrogen) atoms. The summed E-state index contributed by atoms with van der Waals surface area (Å²) in [5, 5.41) is 5.26. The van der Waals surface area contributed by atoms with Crippen LogP contribution in [-0.4, -0.2) is 34.0 Å². The van der Waals surface area contributed by atoms with Crippen LogP contribution >= 0.6 is 0 Å². The molecule has 1 unspecified atom stereocenters. The van der Waals surface area contributed by atoms with Crippen molar-refractivity contribution in [2.75, 3.05) is 13.1 Å². The van der Waals surface area contributed by atoms with Gasteiger partial charge in [-0.1, -0.05) is 31.9 Å². The highest BCUT2D eigenvalue weighted by Gasteiger charge is 2.52. The number of aromatic amines is 2. The van der Waals surface area contributed by atoms with Crippen molar-refractivity contribution in [3.8, 4) is 5.69 Å². The van der Waals surface area contributed by atoms with E-state index in [1.807, 2.05) is 23.0 Å². The Balaban J connectivity index is 1.23. The second kappa shape index (κ2) is 8.35. The molecule has 2 N–H and O–H groups in total. The van der Waals surface area contributed by atoms with Crippen LogP contribution in [-0.2, 0) is 24.1 Å². The second-order valence-electron chi connectivity index (χ2n) is 11.5. The largest absolute Gasteiger partial charge is 0.342 e. The Kier molecular flexibility index (Phi) is 5.39. The fraction of sp³-hybridized carbons (Fsp3) is 0.552. The first kappa shape index (κ1) is 22.6. The smallest absolute Gasteiger partial charge is 0.256 e. The Labute approximate surface area is 206 Å². The van der Waals surface area contributed by atoms with E-state index >= 15 is 0 Å². The second-order valence-corrected chi connectivity index (χ2v) is 11.5. The average molecular weight is 474 g/mol. The van der Waals surface area contributed by atoms with Gasteiger partial charge in [0.25, 0.3) is 5.56 Å². The van der Waals surface area contributed by atoms with E-state index < -0.39 is 0 Å². The zero-order valence-corrected chi connectivity index (χ0v) is 21.2. The Morgan fingerprint density at radius 2 is 2.11 bits per heavy atom. The zero-order chi connectivity index (χ0) is 24.3. The van der Waals surface area contributed by atoms with Gasteiger partial charge in [-0.15, -0.1) is 0 Å². The number of aromatic nitrogens is 3. The van der Waals surface area contributed by atoms with Crippen molar-refractivity contribution in [1.29, 1.82) is 0 Å². The molecule has 6 nitrogen and oxygen atoms in total. The summed E-state index contributed by atoms with van der Waals surface area (Å²) in [4.78, 5) is 31.2. The lowest BCUT2D eigenvalue weighted by atomic mass is 9.72. The van der Waals surface area contributed by atoms with Gasteiger partial charge < -0.3 is 9.88 Å². The van der Waals surface area contributed by atoms with Crippen molar-refractivity contribution in [2.24, 2.45) is 23.2 Å². The molecule has 0 spiro atoms. The van der Waals surface area contributed by atoms with Crippen molar-refractivity contribution < 1.29 is 9.48 Å². The number of likely N-dealkylation sites (tertiary alicyclic amines) is 1. The topological polar surface area (TPSA) is 72.8 Å².